The molecule has 2 N–H and O–H groups in total. The summed E-state index contributed by atoms with van der Waals surface area (Å²) < 4.78 is 13.4. The van der Waals surface area contributed by atoms with Crippen molar-refractivity contribution < 1.29 is 9.18 Å². The Kier molecular flexibility index (Phi) is 3.17. The maximum absolute atomic E-state index is 13.4. The fourth-order valence-electron chi connectivity index (χ4n) is 1.84. The van der Waals surface area contributed by atoms with Crippen molar-refractivity contribution in [3.63, 3.8) is 0 Å². The number of nitrogens with one attached hydrogen (secondary N) is 2. The highest BCUT2D eigenvalue weighted by atomic mass is 19.1. The van der Waals surface area contributed by atoms with Gasteiger partial charge in [-0.05, 0) is 12.1 Å². The number of benzene rings is 1. The summed E-state index contributed by atoms with van der Waals surface area (Å²) in [5, 5.41) is 6.19. The predicted molar refractivity (Wildman–Crippen MR) is 65.6 cm³/mol. The highest BCUT2D eigenvalue weighted by Crippen LogP contribution is 2.29. The molecule has 1 aliphatic rings. The molecule has 0 spiro atoms. The molecule has 0 aliphatic carbocycles. The number of hydrogen-bond acceptors (Lipinski definition) is 3. The van der Waals surface area contributed by atoms with Crippen LogP contribution in [-0.4, -0.2) is 37.5 Å². The minimum Gasteiger partial charge on any atom is -0.379 e. The number of rotatable bonds is 2. The number of carbonyl (C=O) groups is 1. The lowest BCUT2D eigenvalue weighted by Gasteiger charge is -2.28. The summed E-state index contributed by atoms with van der Waals surface area (Å²) in [6.07, 6.45) is 0.399. The molecule has 1 aromatic rings. The lowest BCUT2D eigenvalue weighted by atomic mass is 10.1. The number of amides is 1. The van der Waals surface area contributed by atoms with Crippen LogP contribution in [0.25, 0.3) is 0 Å². The number of para-hydroxylation sites is 1. The summed E-state index contributed by atoms with van der Waals surface area (Å²) >= 11 is 0. The van der Waals surface area contributed by atoms with Gasteiger partial charge in [0.1, 0.15) is 5.82 Å². The third-order valence-electron chi connectivity index (χ3n) is 2.82. The van der Waals surface area contributed by atoms with Gasteiger partial charge in [-0.15, -0.1) is 0 Å². The molecule has 0 aromatic heterocycles. The van der Waals surface area contributed by atoms with Crippen molar-refractivity contribution in [2.45, 2.75) is 12.5 Å². The first kappa shape index (κ1) is 11.7. The Morgan fingerprint density at radius 1 is 1.53 bits per heavy atom. The van der Waals surface area contributed by atoms with Crippen LogP contribution in [0, 0.1) is 5.82 Å². The highest BCUT2D eigenvalue weighted by molar-refractivity contribution is 5.78. The second-order valence-electron chi connectivity index (χ2n) is 4.38. The van der Waals surface area contributed by atoms with E-state index in [-0.39, 0.29) is 17.8 Å². The molecule has 1 heterocycles. The van der Waals surface area contributed by atoms with Crippen LogP contribution in [0.3, 0.4) is 0 Å². The molecule has 1 aromatic carbocycles. The second kappa shape index (κ2) is 4.61. The van der Waals surface area contributed by atoms with Gasteiger partial charge in [-0.1, -0.05) is 6.07 Å². The summed E-state index contributed by atoms with van der Waals surface area (Å²) in [4.78, 5) is 13.1. The van der Waals surface area contributed by atoms with E-state index in [0.717, 1.165) is 0 Å². The molecule has 2 rings (SSSR count). The van der Waals surface area contributed by atoms with E-state index < -0.39 is 0 Å². The molecule has 0 fully saturated rings. The maximum Gasteiger partial charge on any atom is 0.224 e. The molecule has 0 bridgehead atoms. The minimum atomic E-state index is -0.271. The second-order valence-corrected chi connectivity index (χ2v) is 4.38. The average molecular weight is 237 g/mol. The molecular formula is C12H16FN3O. The molecule has 1 aliphatic heterocycles. The van der Waals surface area contributed by atoms with Gasteiger partial charge in [0.05, 0.1) is 17.4 Å². The van der Waals surface area contributed by atoms with Gasteiger partial charge in [0.25, 0.3) is 0 Å². The smallest absolute Gasteiger partial charge is 0.224 e. The Labute approximate surface area is 99.8 Å². The van der Waals surface area contributed by atoms with Gasteiger partial charge in [-0.3, -0.25) is 4.79 Å². The normalized spacial score (nSPS) is 17.7. The number of fused-ring (bicyclic) bond motifs is 1. The largest absolute Gasteiger partial charge is 0.379 e. The number of carbonyl (C=O) groups excluding carboxylic acids is 1. The van der Waals surface area contributed by atoms with Gasteiger partial charge in [0.15, 0.2) is 0 Å². The first-order chi connectivity index (χ1) is 8.08. The van der Waals surface area contributed by atoms with E-state index in [0.29, 0.717) is 24.3 Å². The molecule has 17 heavy (non-hydrogen) atoms. The van der Waals surface area contributed by atoms with E-state index in [2.05, 4.69) is 10.6 Å². The van der Waals surface area contributed by atoms with Crippen LogP contribution in [0.2, 0.25) is 0 Å². The van der Waals surface area contributed by atoms with Crippen LogP contribution in [0.1, 0.15) is 6.42 Å². The molecule has 4 nitrogen and oxygen atoms in total. The Hall–Kier alpha value is -1.78. The molecule has 0 saturated carbocycles. The first-order valence-electron chi connectivity index (χ1n) is 5.57. The zero-order valence-electron chi connectivity index (χ0n) is 9.96. The van der Waals surface area contributed by atoms with Crippen LogP contribution in [0.4, 0.5) is 15.8 Å². The molecule has 0 saturated heterocycles. The third-order valence-corrected chi connectivity index (χ3v) is 2.82. The van der Waals surface area contributed by atoms with Crippen molar-refractivity contribution in [3.8, 4) is 0 Å². The topological polar surface area (TPSA) is 44.4 Å². The molecule has 1 atom stereocenters. The monoisotopic (exact) mass is 237 g/mol. The number of hydrogen-bond donors (Lipinski definition) is 2. The zero-order valence-corrected chi connectivity index (χ0v) is 9.96. The van der Waals surface area contributed by atoms with Crippen LogP contribution < -0.4 is 10.6 Å². The quantitative estimate of drug-likeness (QED) is 0.819. The molecule has 1 amide bonds. The average Bonchev–Trinajstić information content (AvgIpc) is 2.29. The molecule has 92 valence electrons. The van der Waals surface area contributed by atoms with E-state index >= 15 is 0 Å². The Morgan fingerprint density at radius 3 is 3.00 bits per heavy atom. The summed E-state index contributed by atoms with van der Waals surface area (Å²) in [6, 6.07) is 4.87. The van der Waals surface area contributed by atoms with Crippen LogP contribution in [-0.2, 0) is 4.79 Å². The van der Waals surface area contributed by atoms with Gasteiger partial charge in [0.2, 0.25) is 5.91 Å². The first-order valence-corrected chi connectivity index (χ1v) is 5.57. The van der Waals surface area contributed by atoms with Crippen LogP contribution in [0.15, 0.2) is 18.2 Å². The van der Waals surface area contributed by atoms with E-state index in [1.54, 1.807) is 31.1 Å². The van der Waals surface area contributed by atoms with Gasteiger partial charge in [0, 0.05) is 27.1 Å². The maximum atomic E-state index is 13.4. The lowest BCUT2D eigenvalue weighted by Crippen LogP contribution is -2.38. The lowest BCUT2D eigenvalue weighted by molar-refractivity contribution is -0.128. The van der Waals surface area contributed by atoms with E-state index in [1.165, 1.54) is 6.07 Å². The predicted octanol–water partition coefficient (Wildman–Crippen LogP) is 1.51. The fraction of sp³-hybridized carbons (Fsp3) is 0.417. The van der Waals surface area contributed by atoms with Crippen LogP contribution in [0.5, 0.6) is 0 Å². The zero-order chi connectivity index (χ0) is 12.4. The van der Waals surface area contributed by atoms with E-state index in [4.69, 9.17) is 0 Å². The molecular weight excluding hydrogens is 221 g/mol. The number of nitrogens with zero attached hydrogens (tertiary/aromatic N) is 1. The summed E-state index contributed by atoms with van der Waals surface area (Å²) in [5.74, 6) is -0.212. The summed E-state index contributed by atoms with van der Waals surface area (Å²) in [7, 11) is 3.46. The van der Waals surface area contributed by atoms with E-state index in [9.17, 15) is 9.18 Å². The van der Waals surface area contributed by atoms with Gasteiger partial charge in [-0.25, -0.2) is 4.39 Å². The Balaban J connectivity index is 2.06. The molecule has 0 unspecified atom stereocenters. The van der Waals surface area contributed by atoms with Crippen molar-refractivity contribution in [2.75, 3.05) is 31.3 Å². The highest BCUT2D eigenvalue weighted by Gasteiger charge is 2.22. The van der Waals surface area contributed by atoms with Gasteiger partial charge >= 0.3 is 0 Å². The number of anilines is 2. The third kappa shape index (κ3) is 2.49. The Bertz CT molecular complexity index is 434. The van der Waals surface area contributed by atoms with Crippen molar-refractivity contribution >= 4 is 17.3 Å². The van der Waals surface area contributed by atoms with Gasteiger partial charge in [-0.2, -0.15) is 0 Å². The standard InChI is InChI=1S/C12H16FN3O/c1-16(2)11(17)6-8-7-14-12-9(13)4-3-5-10(12)15-8/h3-5,8,14-15H,6-7H2,1-2H3/t8-/m0/s1. The van der Waals surface area contributed by atoms with Crippen molar-refractivity contribution in [1.29, 1.82) is 0 Å². The van der Waals surface area contributed by atoms with Crippen LogP contribution >= 0.6 is 0 Å². The van der Waals surface area contributed by atoms with Crippen molar-refractivity contribution in [2.24, 2.45) is 0 Å². The minimum absolute atomic E-state index is 0.000741. The van der Waals surface area contributed by atoms with Crippen molar-refractivity contribution in [1.82, 2.24) is 4.90 Å². The van der Waals surface area contributed by atoms with Gasteiger partial charge < -0.3 is 15.5 Å². The van der Waals surface area contributed by atoms with Crippen molar-refractivity contribution in [3.05, 3.63) is 24.0 Å². The number of halogens is 1. The molecule has 5 heteroatoms. The SMILES string of the molecule is CN(C)C(=O)C[C@H]1CNc2c(F)cccc2N1. The summed E-state index contributed by atoms with van der Waals surface area (Å²) in [5.41, 5.74) is 1.20. The molecule has 0 radical (unpaired) electrons. The summed E-state index contributed by atoms with van der Waals surface area (Å²) in [6.45, 7) is 0.549. The Morgan fingerprint density at radius 2 is 2.29 bits per heavy atom. The fourth-order valence-corrected chi connectivity index (χ4v) is 1.84. The van der Waals surface area contributed by atoms with E-state index in [1.807, 2.05) is 0 Å².